The number of aryl methyl sites for hydroxylation is 2. The van der Waals surface area contributed by atoms with Crippen LogP contribution in [0.5, 0.6) is 0 Å². The lowest BCUT2D eigenvalue weighted by Crippen LogP contribution is -2.19. The molecule has 8 heteroatoms. The van der Waals surface area contributed by atoms with Crippen LogP contribution in [0.4, 0.5) is 0 Å². The van der Waals surface area contributed by atoms with Crippen molar-refractivity contribution in [3.8, 4) is 16.4 Å². The second-order valence-electron chi connectivity index (χ2n) is 6.07. The number of fused-ring (bicyclic) bond motifs is 1. The Kier molecular flexibility index (Phi) is 4.04. The zero-order valence-corrected chi connectivity index (χ0v) is 15.3. The molecule has 0 aliphatic heterocycles. The summed E-state index contributed by atoms with van der Waals surface area (Å²) in [4.78, 5) is 37.3. The molecule has 4 aromatic rings. The number of carboxylic acids is 1. The van der Waals surface area contributed by atoms with Crippen molar-refractivity contribution in [2.24, 2.45) is 0 Å². The van der Waals surface area contributed by atoms with Gasteiger partial charge in [0, 0.05) is 34.7 Å². The molecule has 4 rings (SSSR count). The van der Waals surface area contributed by atoms with Gasteiger partial charge in [0.15, 0.2) is 10.8 Å². The van der Waals surface area contributed by atoms with Crippen molar-refractivity contribution in [3.05, 3.63) is 69.2 Å². The highest BCUT2D eigenvalue weighted by atomic mass is 32.1. The number of aromatic nitrogens is 4. The van der Waals surface area contributed by atoms with Gasteiger partial charge >= 0.3 is 5.97 Å². The Morgan fingerprint density at radius 1 is 1.15 bits per heavy atom. The number of hydrogen-bond donors (Lipinski definition) is 1. The van der Waals surface area contributed by atoms with E-state index in [9.17, 15) is 14.7 Å². The number of aromatic carboxylic acids is 1. The number of thiazole rings is 1. The zero-order valence-electron chi connectivity index (χ0n) is 14.5. The highest BCUT2D eigenvalue weighted by Crippen LogP contribution is 2.24. The lowest BCUT2D eigenvalue weighted by molar-refractivity contribution is 0.0695. The molecule has 134 valence electrons. The monoisotopic (exact) mass is 378 g/mol. The van der Waals surface area contributed by atoms with Crippen molar-refractivity contribution in [1.29, 1.82) is 0 Å². The summed E-state index contributed by atoms with van der Waals surface area (Å²) >= 11 is 1.33. The van der Waals surface area contributed by atoms with Gasteiger partial charge in [-0.2, -0.15) is 0 Å². The predicted molar refractivity (Wildman–Crippen MR) is 103 cm³/mol. The van der Waals surface area contributed by atoms with Crippen LogP contribution in [0.2, 0.25) is 0 Å². The van der Waals surface area contributed by atoms with Gasteiger partial charge in [0.1, 0.15) is 5.56 Å². The van der Waals surface area contributed by atoms with Crippen LogP contribution in [-0.2, 0) is 0 Å². The summed E-state index contributed by atoms with van der Waals surface area (Å²) in [6.07, 6.45) is 2.90. The van der Waals surface area contributed by atoms with Crippen LogP contribution in [0, 0.1) is 13.8 Å². The third-order valence-corrected chi connectivity index (χ3v) is 4.85. The van der Waals surface area contributed by atoms with Gasteiger partial charge in [-0.05, 0) is 38.1 Å². The molecule has 0 amide bonds. The quantitative estimate of drug-likeness (QED) is 0.588. The van der Waals surface area contributed by atoms with Gasteiger partial charge in [0.05, 0.1) is 11.1 Å². The Labute approximate surface area is 157 Å². The smallest absolute Gasteiger partial charge is 0.341 e. The van der Waals surface area contributed by atoms with E-state index < -0.39 is 11.4 Å². The van der Waals surface area contributed by atoms with Gasteiger partial charge in [-0.25, -0.2) is 14.8 Å². The van der Waals surface area contributed by atoms with Crippen molar-refractivity contribution >= 4 is 28.3 Å². The largest absolute Gasteiger partial charge is 0.477 e. The number of carbonyl (C=O) groups is 1. The van der Waals surface area contributed by atoms with Crippen LogP contribution in [-0.4, -0.2) is 30.6 Å². The van der Waals surface area contributed by atoms with Crippen molar-refractivity contribution in [2.45, 2.75) is 13.8 Å². The van der Waals surface area contributed by atoms with Gasteiger partial charge in [-0.15, -0.1) is 11.3 Å². The second kappa shape index (κ2) is 6.40. The van der Waals surface area contributed by atoms with Crippen molar-refractivity contribution in [2.75, 3.05) is 0 Å². The summed E-state index contributed by atoms with van der Waals surface area (Å²) in [7, 11) is 0. The minimum absolute atomic E-state index is 0.233. The normalized spacial score (nSPS) is 11.0. The number of hydrogen-bond acceptors (Lipinski definition) is 6. The van der Waals surface area contributed by atoms with Gasteiger partial charge in [-0.3, -0.25) is 14.3 Å². The summed E-state index contributed by atoms with van der Waals surface area (Å²) in [5.41, 5.74) is 2.76. The third-order valence-electron chi connectivity index (χ3n) is 4.08. The highest BCUT2D eigenvalue weighted by Gasteiger charge is 2.18. The zero-order chi connectivity index (χ0) is 19.1. The molecule has 0 aliphatic rings. The van der Waals surface area contributed by atoms with Crippen LogP contribution >= 0.6 is 11.3 Å². The fourth-order valence-corrected chi connectivity index (χ4v) is 3.60. The molecule has 0 fully saturated rings. The molecule has 0 aliphatic carbocycles. The van der Waals surface area contributed by atoms with E-state index in [1.807, 2.05) is 26.0 Å². The highest BCUT2D eigenvalue weighted by molar-refractivity contribution is 7.12. The van der Waals surface area contributed by atoms with Gasteiger partial charge in [-0.1, -0.05) is 0 Å². The molecule has 0 saturated heterocycles. The van der Waals surface area contributed by atoms with E-state index in [1.165, 1.54) is 17.5 Å². The van der Waals surface area contributed by atoms with Gasteiger partial charge in [0.2, 0.25) is 5.43 Å². The molecule has 0 spiro atoms. The van der Waals surface area contributed by atoms with E-state index in [4.69, 9.17) is 0 Å². The molecule has 0 aromatic carbocycles. The number of nitrogens with zero attached hydrogens (tertiary/aromatic N) is 4. The van der Waals surface area contributed by atoms with Crippen LogP contribution in [0.25, 0.3) is 27.4 Å². The molecule has 0 radical (unpaired) electrons. The molecule has 0 bridgehead atoms. The average molecular weight is 378 g/mol. The Hall–Kier alpha value is -3.39. The molecule has 0 unspecified atom stereocenters. The first-order valence-electron chi connectivity index (χ1n) is 8.09. The predicted octanol–water partition coefficient (Wildman–Crippen LogP) is 3.22. The second-order valence-corrected chi connectivity index (χ2v) is 6.94. The van der Waals surface area contributed by atoms with E-state index >= 15 is 0 Å². The molecule has 0 saturated carbocycles. The Bertz CT molecular complexity index is 1230. The topological polar surface area (TPSA) is 98.0 Å². The van der Waals surface area contributed by atoms with Crippen molar-refractivity contribution in [3.63, 3.8) is 0 Å². The first-order valence-corrected chi connectivity index (χ1v) is 8.97. The molecular formula is C19H14N4O3S. The first-order chi connectivity index (χ1) is 12.9. The van der Waals surface area contributed by atoms with E-state index in [0.29, 0.717) is 16.5 Å². The molecule has 7 nitrogen and oxygen atoms in total. The van der Waals surface area contributed by atoms with E-state index in [0.717, 1.165) is 17.0 Å². The molecule has 1 N–H and O–H groups in total. The molecular weight excluding hydrogens is 364 g/mol. The summed E-state index contributed by atoms with van der Waals surface area (Å²) in [5.74, 6) is -1.28. The SMILES string of the molecule is Cc1cc(-c2ccc3c(=O)c(C(=O)O)cn(-c4nccs4)c3n2)cc(C)n1. The molecule has 4 heterocycles. The van der Waals surface area contributed by atoms with Gasteiger partial charge in [0.25, 0.3) is 0 Å². The fraction of sp³-hybridized carbons (Fsp3) is 0.105. The summed E-state index contributed by atoms with van der Waals surface area (Å²) < 4.78 is 1.55. The first kappa shape index (κ1) is 17.0. The van der Waals surface area contributed by atoms with Crippen LogP contribution < -0.4 is 5.43 Å². The van der Waals surface area contributed by atoms with Crippen molar-refractivity contribution in [1.82, 2.24) is 19.5 Å². The summed E-state index contributed by atoms with van der Waals surface area (Å²) in [5, 5.41) is 11.9. The van der Waals surface area contributed by atoms with E-state index in [-0.39, 0.29) is 10.9 Å². The van der Waals surface area contributed by atoms with Crippen LogP contribution in [0.1, 0.15) is 21.7 Å². The maximum absolute atomic E-state index is 12.6. The van der Waals surface area contributed by atoms with E-state index in [2.05, 4.69) is 15.0 Å². The van der Waals surface area contributed by atoms with E-state index in [1.54, 1.807) is 28.3 Å². The van der Waals surface area contributed by atoms with Crippen molar-refractivity contribution < 1.29 is 9.90 Å². The average Bonchev–Trinajstić information content (AvgIpc) is 3.15. The number of carboxylic acid groups (broad SMARTS) is 1. The number of rotatable bonds is 3. The minimum atomic E-state index is -1.28. The molecule has 27 heavy (non-hydrogen) atoms. The maximum atomic E-state index is 12.6. The summed E-state index contributed by atoms with van der Waals surface area (Å²) in [6, 6.07) is 7.16. The van der Waals surface area contributed by atoms with Crippen LogP contribution in [0.15, 0.2) is 46.8 Å². The summed E-state index contributed by atoms with van der Waals surface area (Å²) in [6.45, 7) is 3.81. The minimum Gasteiger partial charge on any atom is -0.477 e. The molecule has 4 aromatic heterocycles. The lowest BCUT2D eigenvalue weighted by Gasteiger charge is -2.11. The Morgan fingerprint density at radius 2 is 1.89 bits per heavy atom. The fourth-order valence-electron chi connectivity index (χ4n) is 2.98. The van der Waals surface area contributed by atoms with Gasteiger partial charge < -0.3 is 5.11 Å². The standard InChI is InChI=1S/C19H14N4O3S/c1-10-7-12(8-11(2)21-10)15-4-3-13-16(24)14(18(25)26)9-23(17(13)22-15)19-20-5-6-27-19/h3-9H,1-2H3,(H,25,26). The lowest BCUT2D eigenvalue weighted by atomic mass is 10.1. The van der Waals surface area contributed by atoms with Crippen LogP contribution in [0.3, 0.4) is 0 Å². The maximum Gasteiger partial charge on any atom is 0.341 e. The Morgan fingerprint density at radius 3 is 2.52 bits per heavy atom. The molecule has 0 atom stereocenters. The number of pyridine rings is 3. The Balaban J connectivity index is 2.05. The third kappa shape index (κ3) is 3.00.